The monoisotopic (exact) mass is 228 g/mol. The molecule has 1 atom stereocenters. The van der Waals surface area contributed by atoms with E-state index in [2.05, 4.69) is 15.4 Å². The highest BCUT2D eigenvalue weighted by molar-refractivity contribution is 5.27. The van der Waals surface area contributed by atoms with Crippen LogP contribution >= 0.6 is 0 Å². The van der Waals surface area contributed by atoms with E-state index >= 15 is 0 Å². The van der Waals surface area contributed by atoms with Gasteiger partial charge in [0.2, 0.25) is 0 Å². The summed E-state index contributed by atoms with van der Waals surface area (Å²) in [5, 5.41) is 0. The first-order valence-electron chi connectivity index (χ1n) is 5.53. The topological polar surface area (TPSA) is 63.8 Å². The van der Waals surface area contributed by atoms with Crippen molar-refractivity contribution in [3.05, 3.63) is 59.2 Å². The Hall–Kier alpha value is -1.78. The van der Waals surface area contributed by atoms with Gasteiger partial charge in [-0.3, -0.25) is 15.8 Å². The van der Waals surface area contributed by atoms with E-state index in [0.29, 0.717) is 0 Å². The quantitative estimate of drug-likeness (QED) is 0.619. The van der Waals surface area contributed by atoms with Gasteiger partial charge < -0.3 is 0 Å². The van der Waals surface area contributed by atoms with Crippen LogP contribution in [0.15, 0.2) is 36.5 Å². The maximum Gasteiger partial charge on any atom is 0.0896 e. The fraction of sp³-hybridized carbons (Fsp3) is 0.231. The zero-order valence-electron chi connectivity index (χ0n) is 10.0. The number of aryl methyl sites for hydroxylation is 2. The molecule has 2 aromatic rings. The highest BCUT2D eigenvalue weighted by Crippen LogP contribution is 2.19. The van der Waals surface area contributed by atoms with Gasteiger partial charge in [0, 0.05) is 17.6 Å². The highest BCUT2D eigenvalue weighted by atomic mass is 15.2. The van der Waals surface area contributed by atoms with Gasteiger partial charge in [-0.2, -0.15) is 0 Å². The molecule has 0 radical (unpaired) electrons. The first-order chi connectivity index (χ1) is 8.20. The molecule has 2 rings (SSSR count). The van der Waals surface area contributed by atoms with E-state index < -0.39 is 0 Å². The average Bonchev–Trinajstić information content (AvgIpc) is 2.33. The third-order valence-corrected chi connectivity index (χ3v) is 2.64. The molecule has 0 bridgehead atoms. The molecule has 0 aliphatic rings. The molecule has 1 unspecified atom stereocenters. The van der Waals surface area contributed by atoms with Gasteiger partial charge in [-0.05, 0) is 37.6 Å². The molecule has 0 spiro atoms. The second-order valence-electron chi connectivity index (χ2n) is 4.04. The van der Waals surface area contributed by atoms with E-state index in [9.17, 15) is 0 Å². The number of rotatable bonds is 3. The van der Waals surface area contributed by atoms with Crippen LogP contribution in [0.2, 0.25) is 0 Å². The highest BCUT2D eigenvalue weighted by Gasteiger charge is 2.13. The number of hydrogen-bond donors (Lipinski definition) is 2. The minimum atomic E-state index is -0.122. The van der Waals surface area contributed by atoms with Crippen LogP contribution in [-0.2, 0) is 0 Å². The van der Waals surface area contributed by atoms with Gasteiger partial charge in [0.25, 0.3) is 0 Å². The van der Waals surface area contributed by atoms with Gasteiger partial charge in [0.15, 0.2) is 0 Å². The summed E-state index contributed by atoms with van der Waals surface area (Å²) < 4.78 is 0. The Morgan fingerprint density at radius 2 is 1.94 bits per heavy atom. The standard InChI is InChI=1S/C13H16N4/c1-9-6-7-11(8-15-9)13(17-14)12-5-3-4-10(2)16-12/h3-8,13,17H,14H2,1-2H3. The number of aromatic nitrogens is 2. The fourth-order valence-corrected chi connectivity index (χ4v) is 1.73. The molecular formula is C13H16N4. The molecule has 2 aromatic heterocycles. The van der Waals surface area contributed by atoms with Crippen LogP contribution in [0.1, 0.15) is 28.7 Å². The van der Waals surface area contributed by atoms with Crippen molar-refractivity contribution in [3.63, 3.8) is 0 Å². The maximum atomic E-state index is 5.61. The van der Waals surface area contributed by atoms with Crippen molar-refractivity contribution < 1.29 is 0 Å². The largest absolute Gasteiger partial charge is 0.271 e. The zero-order valence-corrected chi connectivity index (χ0v) is 10.0. The molecular weight excluding hydrogens is 212 g/mol. The van der Waals surface area contributed by atoms with Crippen molar-refractivity contribution in [2.75, 3.05) is 0 Å². The van der Waals surface area contributed by atoms with E-state index in [0.717, 1.165) is 22.6 Å². The summed E-state index contributed by atoms with van der Waals surface area (Å²) in [6.45, 7) is 3.92. The molecule has 4 nitrogen and oxygen atoms in total. The molecule has 0 saturated carbocycles. The Kier molecular flexibility index (Phi) is 3.46. The van der Waals surface area contributed by atoms with Crippen molar-refractivity contribution in [2.24, 2.45) is 5.84 Å². The SMILES string of the molecule is Cc1ccc(C(NN)c2cccc(C)n2)cn1. The van der Waals surface area contributed by atoms with Crippen LogP contribution in [0.4, 0.5) is 0 Å². The second kappa shape index (κ2) is 5.03. The number of hydrogen-bond acceptors (Lipinski definition) is 4. The Bertz CT molecular complexity index is 493. The third kappa shape index (κ3) is 2.67. The smallest absolute Gasteiger partial charge is 0.0896 e. The van der Waals surface area contributed by atoms with E-state index in [1.807, 2.05) is 50.4 Å². The minimum absolute atomic E-state index is 0.122. The number of pyridine rings is 2. The van der Waals surface area contributed by atoms with Crippen LogP contribution in [-0.4, -0.2) is 9.97 Å². The number of nitrogens with two attached hydrogens (primary N) is 1. The average molecular weight is 228 g/mol. The summed E-state index contributed by atoms with van der Waals surface area (Å²) in [5.41, 5.74) is 6.65. The van der Waals surface area contributed by atoms with Gasteiger partial charge in [-0.15, -0.1) is 0 Å². The summed E-state index contributed by atoms with van der Waals surface area (Å²) in [6.07, 6.45) is 1.82. The summed E-state index contributed by atoms with van der Waals surface area (Å²) in [7, 11) is 0. The Balaban J connectivity index is 2.36. The predicted molar refractivity (Wildman–Crippen MR) is 67.1 cm³/mol. The summed E-state index contributed by atoms with van der Waals surface area (Å²) >= 11 is 0. The Morgan fingerprint density at radius 1 is 1.12 bits per heavy atom. The molecule has 3 N–H and O–H groups in total. The maximum absolute atomic E-state index is 5.61. The molecule has 0 aliphatic heterocycles. The summed E-state index contributed by atoms with van der Waals surface area (Å²) in [5.74, 6) is 5.61. The second-order valence-corrected chi connectivity index (χ2v) is 4.04. The summed E-state index contributed by atoms with van der Waals surface area (Å²) in [4.78, 5) is 8.75. The lowest BCUT2D eigenvalue weighted by Crippen LogP contribution is -2.29. The lowest BCUT2D eigenvalue weighted by atomic mass is 10.1. The molecule has 0 saturated heterocycles. The predicted octanol–water partition coefficient (Wildman–Crippen LogP) is 1.65. The van der Waals surface area contributed by atoms with Crippen LogP contribution in [0.5, 0.6) is 0 Å². The fourth-order valence-electron chi connectivity index (χ4n) is 1.73. The molecule has 2 heterocycles. The Labute approximate surface area is 101 Å². The van der Waals surface area contributed by atoms with Gasteiger partial charge in [-0.1, -0.05) is 12.1 Å². The first-order valence-corrected chi connectivity index (χ1v) is 5.53. The van der Waals surface area contributed by atoms with Crippen molar-refractivity contribution >= 4 is 0 Å². The van der Waals surface area contributed by atoms with Crippen LogP contribution in [0, 0.1) is 13.8 Å². The zero-order chi connectivity index (χ0) is 12.3. The van der Waals surface area contributed by atoms with Gasteiger partial charge in [0.1, 0.15) is 0 Å². The number of hydrazine groups is 1. The van der Waals surface area contributed by atoms with Crippen molar-refractivity contribution in [1.29, 1.82) is 0 Å². The van der Waals surface area contributed by atoms with Crippen molar-refractivity contribution in [3.8, 4) is 0 Å². The summed E-state index contributed by atoms with van der Waals surface area (Å²) in [6, 6.07) is 9.75. The van der Waals surface area contributed by atoms with E-state index in [4.69, 9.17) is 5.84 Å². The molecule has 17 heavy (non-hydrogen) atoms. The molecule has 0 aliphatic carbocycles. The van der Waals surface area contributed by atoms with E-state index in [1.54, 1.807) is 0 Å². The van der Waals surface area contributed by atoms with Crippen LogP contribution < -0.4 is 11.3 Å². The third-order valence-electron chi connectivity index (χ3n) is 2.64. The van der Waals surface area contributed by atoms with Crippen LogP contribution in [0.25, 0.3) is 0 Å². The van der Waals surface area contributed by atoms with E-state index in [1.165, 1.54) is 0 Å². The molecule has 0 aromatic carbocycles. The number of nitrogens with one attached hydrogen (secondary N) is 1. The van der Waals surface area contributed by atoms with Crippen LogP contribution in [0.3, 0.4) is 0 Å². The van der Waals surface area contributed by atoms with E-state index in [-0.39, 0.29) is 6.04 Å². The number of nitrogens with zero attached hydrogens (tertiary/aromatic N) is 2. The molecule has 4 heteroatoms. The molecule has 0 fully saturated rings. The van der Waals surface area contributed by atoms with Crippen molar-refractivity contribution in [1.82, 2.24) is 15.4 Å². The normalized spacial score (nSPS) is 12.4. The lowest BCUT2D eigenvalue weighted by molar-refractivity contribution is 0.617. The van der Waals surface area contributed by atoms with Gasteiger partial charge in [0.05, 0.1) is 11.7 Å². The first kappa shape index (κ1) is 11.7. The molecule has 88 valence electrons. The van der Waals surface area contributed by atoms with Crippen molar-refractivity contribution in [2.45, 2.75) is 19.9 Å². The molecule has 0 amide bonds. The Morgan fingerprint density at radius 3 is 2.53 bits per heavy atom. The lowest BCUT2D eigenvalue weighted by Gasteiger charge is -2.16. The van der Waals surface area contributed by atoms with Gasteiger partial charge >= 0.3 is 0 Å². The van der Waals surface area contributed by atoms with Gasteiger partial charge in [-0.25, -0.2) is 5.43 Å². The minimum Gasteiger partial charge on any atom is -0.271 e.